The number of sulfonamides is 1. The van der Waals surface area contributed by atoms with Crippen molar-refractivity contribution in [1.82, 2.24) is 9.29 Å². The molecule has 1 N–H and O–H groups in total. The molecule has 30 heavy (non-hydrogen) atoms. The first kappa shape index (κ1) is 20.3. The van der Waals surface area contributed by atoms with Gasteiger partial charge >= 0.3 is 0 Å². The van der Waals surface area contributed by atoms with Crippen LogP contribution in [0.4, 0.5) is 21.6 Å². The molecule has 1 aliphatic rings. The van der Waals surface area contributed by atoms with E-state index in [1.54, 1.807) is 35.2 Å². The first-order valence-corrected chi connectivity index (χ1v) is 10.7. The molecule has 1 amide bonds. The zero-order valence-electron chi connectivity index (χ0n) is 15.5. The number of benzene rings is 2. The molecule has 0 bridgehead atoms. The molecule has 1 aromatic heterocycles. The Labute approximate surface area is 177 Å². The van der Waals surface area contributed by atoms with Gasteiger partial charge in [0.05, 0.1) is 23.9 Å². The third kappa shape index (κ3) is 3.87. The fraction of sp³-hybridized carbons (Fsp3) is 0.100. The van der Waals surface area contributed by atoms with Gasteiger partial charge in [-0.15, -0.1) is 0 Å². The van der Waals surface area contributed by atoms with Crippen LogP contribution in [0.2, 0.25) is 5.02 Å². The number of fused-ring (bicyclic) bond motifs is 1. The van der Waals surface area contributed by atoms with E-state index in [0.29, 0.717) is 16.4 Å². The quantitative estimate of drug-likeness (QED) is 0.662. The van der Waals surface area contributed by atoms with Gasteiger partial charge in [0.15, 0.2) is 5.82 Å². The zero-order chi connectivity index (χ0) is 21.3. The average molecular weight is 447 g/mol. The van der Waals surface area contributed by atoms with E-state index in [9.17, 15) is 17.6 Å². The molecule has 3 aromatic rings. The van der Waals surface area contributed by atoms with Crippen LogP contribution >= 0.6 is 11.6 Å². The number of pyridine rings is 1. The molecule has 1 aliphatic heterocycles. The Morgan fingerprint density at radius 2 is 1.93 bits per heavy atom. The number of rotatable bonds is 4. The number of anilines is 3. The highest BCUT2D eigenvalue weighted by molar-refractivity contribution is 7.89. The van der Waals surface area contributed by atoms with E-state index >= 15 is 0 Å². The predicted molar refractivity (Wildman–Crippen MR) is 112 cm³/mol. The van der Waals surface area contributed by atoms with Crippen LogP contribution in [0.25, 0.3) is 0 Å². The second kappa shape index (κ2) is 8.02. The van der Waals surface area contributed by atoms with Crippen molar-refractivity contribution < 1.29 is 17.6 Å². The summed E-state index contributed by atoms with van der Waals surface area (Å²) in [5, 5.41) is 2.95. The van der Waals surface area contributed by atoms with Crippen molar-refractivity contribution in [2.45, 2.75) is 4.90 Å². The maximum atomic E-state index is 13.8. The normalized spacial score (nSPS) is 15.5. The lowest BCUT2D eigenvalue weighted by Crippen LogP contribution is -2.47. The largest absolute Gasteiger partial charge is 0.324 e. The van der Waals surface area contributed by atoms with E-state index in [-0.39, 0.29) is 17.4 Å². The summed E-state index contributed by atoms with van der Waals surface area (Å²) in [5.41, 5.74) is 0.795. The van der Waals surface area contributed by atoms with E-state index in [2.05, 4.69) is 10.3 Å². The van der Waals surface area contributed by atoms with Crippen LogP contribution in [0.5, 0.6) is 0 Å². The molecule has 0 spiro atoms. The first-order chi connectivity index (χ1) is 14.4. The molecule has 0 atom stereocenters. The van der Waals surface area contributed by atoms with Gasteiger partial charge in [-0.3, -0.25) is 4.79 Å². The van der Waals surface area contributed by atoms with Crippen molar-refractivity contribution in [2.75, 3.05) is 23.4 Å². The highest BCUT2D eigenvalue weighted by Crippen LogP contribution is 2.36. The van der Waals surface area contributed by atoms with Gasteiger partial charge in [0.2, 0.25) is 15.9 Å². The predicted octanol–water partition coefficient (Wildman–Crippen LogP) is 3.61. The number of carbonyl (C=O) groups is 1. The summed E-state index contributed by atoms with van der Waals surface area (Å²) in [5.74, 6) is -0.856. The molecule has 154 valence electrons. The number of nitrogens with one attached hydrogen (secondary N) is 1. The maximum absolute atomic E-state index is 13.8. The average Bonchev–Trinajstić information content (AvgIpc) is 2.72. The molecule has 7 nitrogen and oxygen atoms in total. The Morgan fingerprint density at radius 1 is 1.13 bits per heavy atom. The lowest BCUT2D eigenvalue weighted by Gasteiger charge is -2.36. The number of amides is 1. The zero-order valence-corrected chi connectivity index (χ0v) is 17.1. The molecule has 0 aliphatic carbocycles. The first-order valence-electron chi connectivity index (χ1n) is 8.89. The number of para-hydroxylation sites is 1. The summed E-state index contributed by atoms with van der Waals surface area (Å²) in [4.78, 5) is 18.2. The SMILES string of the molecule is O=C(CN1CN(c2cccc(F)c2)c2ncccc2S1(=O)=O)Nc1ccccc1Cl. The maximum Gasteiger partial charge on any atom is 0.248 e. The molecule has 0 saturated carbocycles. The Balaban J connectivity index is 1.67. The Morgan fingerprint density at radius 3 is 2.70 bits per heavy atom. The van der Waals surface area contributed by atoms with Crippen molar-refractivity contribution in [3.8, 4) is 0 Å². The van der Waals surface area contributed by atoms with Gasteiger partial charge in [-0.1, -0.05) is 29.8 Å². The third-order valence-electron chi connectivity index (χ3n) is 4.51. The summed E-state index contributed by atoms with van der Waals surface area (Å²) >= 11 is 6.05. The van der Waals surface area contributed by atoms with Crippen LogP contribution in [-0.2, 0) is 14.8 Å². The summed E-state index contributed by atoms with van der Waals surface area (Å²) in [7, 11) is -3.99. The standard InChI is InChI=1S/C20H16ClFN4O3S/c21-16-7-1-2-8-17(16)24-19(27)12-25-13-26(15-6-3-5-14(22)11-15)20-18(30(25,28)29)9-4-10-23-20/h1-11H,12-13H2,(H,24,27). The number of halogens is 2. The molecule has 2 heterocycles. The van der Waals surface area contributed by atoms with E-state index in [1.807, 2.05) is 0 Å². The van der Waals surface area contributed by atoms with Gasteiger partial charge in [-0.25, -0.2) is 17.8 Å². The van der Waals surface area contributed by atoms with Crippen molar-refractivity contribution in [3.63, 3.8) is 0 Å². The van der Waals surface area contributed by atoms with Gasteiger partial charge in [0, 0.05) is 11.9 Å². The summed E-state index contributed by atoms with van der Waals surface area (Å²) in [6.07, 6.45) is 1.46. The van der Waals surface area contributed by atoms with E-state index in [1.165, 1.54) is 36.5 Å². The van der Waals surface area contributed by atoms with Gasteiger partial charge in [-0.2, -0.15) is 4.31 Å². The van der Waals surface area contributed by atoms with Crippen LogP contribution in [0.15, 0.2) is 71.8 Å². The third-order valence-corrected chi connectivity index (χ3v) is 6.64. The van der Waals surface area contributed by atoms with Crippen LogP contribution in [0.3, 0.4) is 0 Å². The van der Waals surface area contributed by atoms with Gasteiger partial charge < -0.3 is 10.2 Å². The van der Waals surface area contributed by atoms with Crippen LogP contribution in [0, 0.1) is 5.82 Å². The number of nitrogens with zero attached hydrogens (tertiary/aromatic N) is 3. The van der Waals surface area contributed by atoms with Crippen molar-refractivity contribution >= 4 is 44.7 Å². The Kier molecular flexibility index (Phi) is 5.42. The van der Waals surface area contributed by atoms with Crippen LogP contribution in [-0.4, -0.2) is 36.8 Å². The van der Waals surface area contributed by atoms with E-state index < -0.39 is 28.3 Å². The monoisotopic (exact) mass is 446 g/mol. The molecule has 2 aromatic carbocycles. The molecule has 10 heteroatoms. The Hall–Kier alpha value is -3.01. The number of aromatic nitrogens is 1. The van der Waals surface area contributed by atoms with Crippen LogP contribution < -0.4 is 10.2 Å². The molecule has 0 saturated heterocycles. The smallest absolute Gasteiger partial charge is 0.248 e. The Bertz CT molecular complexity index is 1220. The fourth-order valence-corrected chi connectivity index (χ4v) is 4.78. The lowest BCUT2D eigenvalue weighted by atomic mass is 10.2. The van der Waals surface area contributed by atoms with Crippen molar-refractivity contribution in [3.05, 3.63) is 77.7 Å². The number of hydrogen-bond donors (Lipinski definition) is 1. The van der Waals surface area contributed by atoms with Crippen molar-refractivity contribution in [1.29, 1.82) is 0 Å². The van der Waals surface area contributed by atoms with E-state index in [4.69, 9.17) is 11.6 Å². The minimum Gasteiger partial charge on any atom is -0.324 e. The second-order valence-corrected chi connectivity index (χ2v) is 8.83. The fourth-order valence-electron chi connectivity index (χ4n) is 3.12. The van der Waals surface area contributed by atoms with Gasteiger partial charge in [0.1, 0.15) is 10.7 Å². The molecule has 0 radical (unpaired) electrons. The van der Waals surface area contributed by atoms with Gasteiger partial charge in [0.25, 0.3) is 0 Å². The lowest BCUT2D eigenvalue weighted by molar-refractivity contribution is -0.116. The van der Waals surface area contributed by atoms with Crippen molar-refractivity contribution in [2.24, 2.45) is 0 Å². The van der Waals surface area contributed by atoms with Crippen LogP contribution in [0.1, 0.15) is 0 Å². The van der Waals surface area contributed by atoms with Gasteiger partial charge in [-0.05, 0) is 42.5 Å². The molecular weight excluding hydrogens is 431 g/mol. The highest BCUT2D eigenvalue weighted by atomic mass is 35.5. The molecule has 0 fully saturated rings. The highest BCUT2D eigenvalue weighted by Gasteiger charge is 2.38. The summed E-state index contributed by atoms with van der Waals surface area (Å²) < 4.78 is 41.0. The summed E-state index contributed by atoms with van der Waals surface area (Å²) in [6, 6.07) is 15.3. The second-order valence-electron chi connectivity index (χ2n) is 6.52. The minimum atomic E-state index is -3.99. The van der Waals surface area contributed by atoms with E-state index in [0.717, 1.165) is 4.31 Å². The number of hydrogen-bond acceptors (Lipinski definition) is 5. The molecule has 4 rings (SSSR count). The molecule has 0 unspecified atom stereocenters. The number of carbonyl (C=O) groups excluding carboxylic acids is 1. The minimum absolute atomic E-state index is 0.0638. The summed E-state index contributed by atoms with van der Waals surface area (Å²) in [6.45, 7) is -0.653. The topological polar surface area (TPSA) is 82.6 Å². The molecular formula is C20H16ClFN4O3S.